The highest BCUT2D eigenvalue weighted by atomic mass is 16.5. The second-order valence-corrected chi connectivity index (χ2v) is 9.80. The number of urea groups is 1. The molecule has 11 nitrogen and oxygen atoms in total. The van der Waals surface area contributed by atoms with Gasteiger partial charge in [-0.1, -0.05) is 60.5 Å². The minimum atomic E-state index is -0.548. The zero-order valence-electron chi connectivity index (χ0n) is 22.2. The molecular weight excluding hydrogens is 514 g/mol. The van der Waals surface area contributed by atoms with Gasteiger partial charge in [-0.05, 0) is 31.9 Å². The van der Waals surface area contributed by atoms with Crippen LogP contribution < -0.4 is 5.32 Å². The van der Waals surface area contributed by atoms with E-state index in [1.54, 1.807) is 31.2 Å². The third kappa shape index (κ3) is 5.73. The average Bonchev–Trinajstić information content (AvgIpc) is 3.45. The van der Waals surface area contributed by atoms with Crippen molar-refractivity contribution in [3.8, 4) is 11.4 Å². The predicted octanol–water partition coefficient (Wildman–Crippen LogP) is 3.92. The van der Waals surface area contributed by atoms with E-state index in [1.165, 1.54) is 9.80 Å². The molecule has 2 aromatic carbocycles. The molecule has 2 unspecified atom stereocenters. The highest BCUT2D eigenvalue weighted by Gasteiger charge is 2.47. The van der Waals surface area contributed by atoms with E-state index in [0.717, 1.165) is 18.4 Å². The largest absolute Gasteiger partial charge is 0.462 e. The number of nitrogens with zero attached hydrogens (tertiary/aromatic N) is 4. The Hall–Kier alpha value is -4.54. The van der Waals surface area contributed by atoms with Crippen LogP contribution in [0.4, 0.5) is 10.5 Å². The summed E-state index contributed by atoms with van der Waals surface area (Å²) in [6.07, 6.45) is 3.24. The van der Waals surface area contributed by atoms with Crippen LogP contribution in [-0.2, 0) is 20.7 Å². The van der Waals surface area contributed by atoms with Crippen molar-refractivity contribution < 1.29 is 28.4 Å². The minimum Gasteiger partial charge on any atom is -0.462 e. The van der Waals surface area contributed by atoms with Crippen molar-refractivity contribution in [3.05, 3.63) is 66.1 Å². The SMILES string of the molecule is CCOC(=O)c1ccccc1NC(=O)CN1C(=O)N(CCc2nc(-c3ccccc3)no2)C(=O)C2CCCCC21. The van der Waals surface area contributed by atoms with Crippen molar-refractivity contribution in [2.45, 2.75) is 45.1 Å². The lowest BCUT2D eigenvalue weighted by Crippen LogP contribution is -2.63. The number of anilines is 1. The van der Waals surface area contributed by atoms with Gasteiger partial charge in [0.1, 0.15) is 6.54 Å². The summed E-state index contributed by atoms with van der Waals surface area (Å²) in [6.45, 7) is 1.71. The molecule has 2 fully saturated rings. The van der Waals surface area contributed by atoms with Gasteiger partial charge in [0.2, 0.25) is 23.5 Å². The van der Waals surface area contributed by atoms with Gasteiger partial charge in [-0.2, -0.15) is 4.98 Å². The van der Waals surface area contributed by atoms with Gasteiger partial charge in [-0.15, -0.1) is 0 Å². The Labute approximate surface area is 231 Å². The number of carbonyl (C=O) groups is 4. The summed E-state index contributed by atoms with van der Waals surface area (Å²) >= 11 is 0. The maximum absolute atomic E-state index is 13.6. The topological polar surface area (TPSA) is 135 Å². The van der Waals surface area contributed by atoms with Gasteiger partial charge < -0.3 is 19.5 Å². The summed E-state index contributed by atoms with van der Waals surface area (Å²) in [6, 6.07) is 15.0. The summed E-state index contributed by atoms with van der Waals surface area (Å²) in [5, 5.41) is 6.75. The maximum Gasteiger partial charge on any atom is 0.340 e. The van der Waals surface area contributed by atoms with E-state index in [0.29, 0.717) is 30.2 Å². The molecular formula is C29H31N5O6. The van der Waals surface area contributed by atoms with Crippen molar-refractivity contribution in [1.82, 2.24) is 19.9 Å². The number of rotatable bonds is 9. The quantitative estimate of drug-likeness (QED) is 0.400. The summed E-state index contributed by atoms with van der Waals surface area (Å²) in [4.78, 5) is 59.5. The Kier molecular flexibility index (Phi) is 8.18. The molecule has 1 aliphatic carbocycles. The summed E-state index contributed by atoms with van der Waals surface area (Å²) < 4.78 is 10.5. The van der Waals surface area contributed by atoms with E-state index in [4.69, 9.17) is 9.26 Å². The van der Waals surface area contributed by atoms with Gasteiger partial charge in [-0.25, -0.2) is 9.59 Å². The molecule has 2 atom stereocenters. The monoisotopic (exact) mass is 545 g/mol. The van der Waals surface area contributed by atoms with E-state index in [-0.39, 0.29) is 49.5 Å². The molecule has 1 aliphatic heterocycles. The van der Waals surface area contributed by atoms with Crippen LogP contribution in [0.2, 0.25) is 0 Å². The van der Waals surface area contributed by atoms with E-state index < -0.39 is 17.9 Å². The smallest absolute Gasteiger partial charge is 0.340 e. The number of esters is 1. The standard InChI is InChI=1S/C29H31N5O6/c1-2-39-28(37)20-12-6-8-14-22(20)30-24(35)18-34-23-15-9-7-13-21(23)27(36)33(29(34)38)17-16-25-31-26(32-40-25)19-10-4-3-5-11-19/h3-6,8,10-12,14,21,23H,2,7,9,13,15-18H2,1H3,(H,30,35). The molecule has 1 aromatic heterocycles. The molecule has 1 saturated heterocycles. The van der Waals surface area contributed by atoms with Gasteiger partial charge in [0.15, 0.2) is 0 Å². The number of nitrogens with one attached hydrogen (secondary N) is 1. The Morgan fingerprint density at radius 3 is 2.60 bits per heavy atom. The molecule has 11 heteroatoms. The first-order valence-electron chi connectivity index (χ1n) is 13.5. The highest BCUT2D eigenvalue weighted by molar-refractivity contribution is 6.04. The molecule has 0 radical (unpaired) electrons. The Morgan fingerprint density at radius 2 is 1.80 bits per heavy atom. The third-order valence-electron chi connectivity index (χ3n) is 7.25. The fraction of sp³-hybridized carbons (Fsp3) is 0.379. The average molecular weight is 546 g/mol. The van der Waals surface area contributed by atoms with Crippen molar-refractivity contribution in [2.24, 2.45) is 5.92 Å². The zero-order chi connectivity index (χ0) is 28.1. The van der Waals surface area contributed by atoms with Crippen LogP contribution in [-0.4, -0.2) is 69.5 Å². The maximum atomic E-state index is 13.6. The zero-order valence-corrected chi connectivity index (χ0v) is 22.2. The van der Waals surface area contributed by atoms with E-state index in [1.807, 2.05) is 30.3 Å². The van der Waals surface area contributed by atoms with Gasteiger partial charge in [-0.3, -0.25) is 14.5 Å². The molecule has 2 heterocycles. The van der Waals surface area contributed by atoms with E-state index >= 15 is 0 Å². The molecule has 208 valence electrons. The Balaban J connectivity index is 1.29. The normalized spacial score (nSPS) is 18.8. The van der Waals surface area contributed by atoms with E-state index in [2.05, 4.69) is 15.5 Å². The molecule has 0 bridgehead atoms. The van der Waals surface area contributed by atoms with Crippen LogP contribution in [0, 0.1) is 5.92 Å². The lowest BCUT2D eigenvalue weighted by Gasteiger charge is -2.46. The number of aromatic nitrogens is 2. The molecule has 1 saturated carbocycles. The third-order valence-corrected chi connectivity index (χ3v) is 7.25. The second-order valence-electron chi connectivity index (χ2n) is 9.80. The number of para-hydroxylation sites is 1. The van der Waals surface area contributed by atoms with Gasteiger partial charge >= 0.3 is 12.0 Å². The van der Waals surface area contributed by atoms with Crippen LogP contribution in [0.25, 0.3) is 11.4 Å². The second kappa shape index (κ2) is 12.1. The molecule has 0 spiro atoms. The molecule has 1 N–H and O–H groups in total. The molecule has 2 aliphatic rings. The lowest BCUT2D eigenvalue weighted by molar-refractivity contribution is -0.141. The number of hydrogen-bond acceptors (Lipinski definition) is 8. The van der Waals surface area contributed by atoms with Crippen LogP contribution >= 0.6 is 0 Å². The first-order valence-corrected chi connectivity index (χ1v) is 13.5. The van der Waals surface area contributed by atoms with Gasteiger partial charge in [0, 0.05) is 24.6 Å². The van der Waals surface area contributed by atoms with Crippen molar-refractivity contribution >= 4 is 29.5 Å². The van der Waals surface area contributed by atoms with Crippen LogP contribution in [0.15, 0.2) is 59.1 Å². The van der Waals surface area contributed by atoms with E-state index in [9.17, 15) is 19.2 Å². The number of hydrogen-bond donors (Lipinski definition) is 1. The van der Waals surface area contributed by atoms with Crippen LogP contribution in [0.5, 0.6) is 0 Å². The fourth-order valence-electron chi connectivity index (χ4n) is 5.35. The molecule has 40 heavy (non-hydrogen) atoms. The molecule has 5 rings (SSSR count). The lowest BCUT2D eigenvalue weighted by atomic mass is 9.81. The Morgan fingerprint density at radius 1 is 1.05 bits per heavy atom. The number of imide groups is 1. The van der Waals surface area contributed by atoms with Crippen molar-refractivity contribution in [3.63, 3.8) is 0 Å². The van der Waals surface area contributed by atoms with Crippen LogP contribution in [0.1, 0.15) is 48.9 Å². The number of carbonyl (C=O) groups excluding carboxylic acids is 4. The number of benzene rings is 2. The Bertz CT molecular complexity index is 1390. The summed E-state index contributed by atoms with van der Waals surface area (Å²) in [7, 11) is 0. The molecule has 4 amide bonds. The highest BCUT2D eigenvalue weighted by Crippen LogP contribution is 2.34. The number of fused-ring (bicyclic) bond motifs is 1. The number of ether oxygens (including phenoxy) is 1. The van der Waals surface area contributed by atoms with Crippen molar-refractivity contribution in [1.29, 1.82) is 0 Å². The predicted molar refractivity (Wildman–Crippen MR) is 144 cm³/mol. The fourth-order valence-corrected chi connectivity index (χ4v) is 5.35. The molecule has 3 aromatic rings. The van der Waals surface area contributed by atoms with Gasteiger partial charge in [0.25, 0.3) is 0 Å². The minimum absolute atomic E-state index is 0.0567. The first kappa shape index (κ1) is 27.0. The van der Waals surface area contributed by atoms with Crippen LogP contribution in [0.3, 0.4) is 0 Å². The summed E-state index contributed by atoms with van der Waals surface area (Å²) in [5.41, 5.74) is 1.33. The summed E-state index contributed by atoms with van der Waals surface area (Å²) in [5.74, 6) is -0.887. The van der Waals surface area contributed by atoms with Crippen molar-refractivity contribution in [2.75, 3.05) is 25.0 Å². The number of amides is 4. The van der Waals surface area contributed by atoms with Gasteiger partial charge in [0.05, 0.1) is 23.8 Å². The first-order chi connectivity index (χ1) is 19.5.